The molecule has 1 fully saturated rings. The van der Waals surface area contributed by atoms with Gasteiger partial charge in [0.2, 0.25) is 0 Å². The topological polar surface area (TPSA) is 59.5 Å². The zero-order valence-electron chi connectivity index (χ0n) is 15.6. The zero-order valence-corrected chi connectivity index (χ0v) is 15.6. The summed E-state index contributed by atoms with van der Waals surface area (Å²) in [6.07, 6.45) is 1.81. The average Bonchev–Trinajstić information content (AvgIpc) is 3.24. The molecule has 4 nitrogen and oxygen atoms in total. The van der Waals surface area contributed by atoms with Crippen LogP contribution in [0.5, 0.6) is 0 Å². The molecule has 1 aliphatic rings. The molecule has 0 aliphatic carbocycles. The van der Waals surface area contributed by atoms with Gasteiger partial charge in [0.05, 0.1) is 5.56 Å². The largest absolute Gasteiger partial charge is 0.451 e. The number of benzene rings is 2. The molecule has 5 heteroatoms. The molecule has 2 heterocycles. The molecule has 1 aromatic heterocycles. The highest BCUT2D eigenvalue weighted by Crippen LogP contribution is 2.30. The van der Waals surface area contributed by atoms with E-state index in [1.165, 1.54) is 11.6 Å². The van der Waals surface area contributed by atoms with Gasteiger partial charge in [0.15, 0.2) is 5.76 Å². The van der Waals surface area contributed by atoms with E-state index in [0.717, 1.165) is 18.4 Å². The van der Waals surface area contributed by atoms with Gasteiger partial charge in [-0.25, -0.2) is 4.39 Å². The predicted molar refractivity (Wildman–Crippen MR) is 106 cm³/mol. The first-order chi connectivity index (χ1) is 13.7. The number of piperidine rings is 1. The number of carbonyl (C=O) groups is 1. The van der Waals surface area contributed by atoms with Crippen LogP contribution in [0.1, 0.15) is 40.4 Å². The fourth-order valence-electron chi connectivity index (χ4n) is 3.80. The smallest absolute Gasteiger partial charge is 0.289 e. The van der Waals surface area contributed by atoms with Gasteiger partial charge in [0.1, 0.15) is 11.6 Å². The first kappa shape index (κ1) is 18.4. The normalized spacial score (nSPS) is 15.0. The van der Waals surface area contributed by atoms with E-state index < -0.39 is 0 Å². The maximum atomic E-state index is 13.9. The van der Waals surface area contributed by atoms with Gasteiger partial charge in [0.25, 0.3) is 5.91 Å². The lowest BCUT2D eigenvalue weighted by Crippen LogP contribution is -2.37. The summed E-state index contributed by atoms with van der Waals surface area (Å²) in [6, 6.07) is 18.0. The van der Waals surface area contributed by atoms with Crippen molar-refractivity contribution in [2.75, 3.05) is 13.1 Å². The number of halogens is 1. The number of nitrogens with zero attached hydrogens (tertiary/aromatic N) is 1. The number of hydrogen-bond acceptors (Lipinski definition) is 3. The summed E-state index contributed by atoms with van der Waals surface area (Å²) in [4.78, 5) is 14.6. The lowest BCUT2D eigenvalue weighted by Gasteiger charge is -2.31. The Morgan fingerprint density at radius 1 is 1.07 bits per heavy atom. The second kappa shape index (κ2) is 7.98. The van der Waals surface area contributed by atoms with Gasteiger partial charge in [-0.2, -0.15) is 0 Å². The summed E-state index contributed by atoms with van der Waals surface area (Å²) < 4.78 is 19.6. The molecule has 28 heavy (non-hydrogen) atoms. The standard InChI is InChI=1S/C23H23FN2O2/c24-20-7-2-1-6-19(20)21-8-9-22(28-21)23(27)26-12-10-17(11-13-26)18-5-3-4-16(14-18)15-25/h1-9,14,17H,10-13,15,25H2. The number of furan rings is 1. The minimum absolute atomic E-state index is 0.142. The van der Waals surface area contributed by atoms with Gasteiger partial charge in [-0.05, 0) is 54.2 Å². The van der Waals surface area contributed by atoms with Crippen LogP contribution in [-0.4, -0.2) is 23.9 Å². The van der Waals surface area contributed by atoms with Crippen LogP contribution in [0.25, 0.3) is 11.3 Å². The van der Waals surface area contributed by atoms with E-state index in [1.807, 2.05) is 17.0 Å². The van der Waals surface area contributed by atoms with E-state index in [0.29, 0.717) is 36.9 Å². The number of likely N-dealkylation sites (tertiary alicyclic amines) is 1. The quantitative estimate of drug-likeness (QED) is 0.724. The van der Waals surface area contributed by atoms with Crippen LogP contribution in [0, 0.1) is 5.82 Å². The molecule has 0 unspecified atom stereocenters. The number of carbonyl (C=O) groups excluding carboxylic acids is 1. The lowest BCUT2D eigenvalue weighted by molar-refractivity contribution is 0.0681. The van der Waals surface area contributed by atoms with Crippen molar-refractivity contribution in [1.29, 1.82) is 0 Å². The van der Waals surface area contributed by atoms with Gasteiger partial charge in [-0.1, -0.05) is 36.4 Å². The van der Waals surface area contributed by atoms with Crippen molar-refractivity contribution >= 4 is 5.91 Å². The first-order valence-corrected chi connectivity index (χ1v) is 9.58. The molecular formula is C23H23FN2O2. The summed E-state index contributed by atoms with van der Waals surface area (Å²) in [6.45, 7) is 1.88. The molecule has 1 aliphatic heterocycles. The van der Waals surface area contributed by atoms with Crippen LogP contribution in [0.15, 0.2) is 65.1 Å². The van der Waals surface area contributed by atoms with E-state index in [2.05, 4.69) is 12.1 Å². The van der Waals surface area contributed by atoms with Gasteiger partial charge in [-0.3, -0.25) is 4.79 Å². The van der Waals surface area contributed by atoms with E-state index in [9.17, 15) is 9.18 Å². The van der Waals surface area contributed by atoms with Crippen LogP contribution in [0.2, 0.25) is 0 Å². The predicted octanol–water partition coefficient (Wildman–Crippen LogP) is 4.56. The van der Waals surface area contributed by atoms with E-state index >= 15 is 0 Å². The van der Waals surface area contributed by atoms with Crippen molar-refractivity contribution in [3.63, 3.8) is 0 Å². The summed E-state index contributed by atoms with van der Waals surface area (Å²) in [7, 11) is 0. The maximum Gasteiger partial charge on any atom is 0.289 e. The van der Waals surface area contributed by atoms with E-state index in [-0.39, 0.29) is 17.5 Å². The Morgan fingerprint density at radius 2 is 1.86 bits per heavy atom. The fourth-order valence-corrected chi connectivity index (χ4v) is 3.80. The Morgan fingerprint density at radius 3 is 2.61 bits per heavy atom. The summed E-state index contributed by atoms with van der Waals surface area (Å²) in [5.74, 6) is 0.547. The maximum absolute atomic E-state index is 13.9. The van der Waals surface area contributed by atoms with Crippen LogP contribution < -0.4 is 5.73 Å². The second-order valence-corrected chi connectivity index (χ2v) is 7.16. The van der Waals surface area contributed by atoms with Crippen LogP contribution in [0.4, 0.5) is 4.39 Å². The Balaban J connectivity index is 1.42. The van der Waals surface area contributed by atoms with Gasteiger partial charge in [-0.15, -0.1) is 0 Å². The van der Waals surface area contributed by atoms with Gasteiger partial charge in [0, 0.05) is 19.6 Å². The highest BCUT2D eigenvalue weighted by molar-refractivity contribution is 5.92. The van der Waals surface area contributed by atoms with Gasteiger partial charge >= 0.3 is 0 Å². The summed E-state index contributed by atoms with van der Waals surface area (Å²) in [5, 5.41) is 0. The Kier molecular flexibility index (Phi) is 5.26. The van der Waals surface area contributed by atoms with Crippen molar-refractivity contribution in [2.24, 2.45) is 5.73 Å². The third kappa shape index (κ3) is 3.71. The molecule has 3 aromatic rings. The molecule has 2 N–H and O–H groups in total. The zero-order chi connectivity index (χ0) is 19.5. The summed E-state index contributed by atoms with van der Waals surface area (Å²) in [5.41, 5.74) is 8.52. The molecule has 0 spiro atoms. The number of hydrogen-bond donors (Lipinski definition) is 1. The molecule has 0 bridgehead atoms. The average molecular weight is 378 g/mol. The Labute approximate surface area is 163 Å². The first-order valence-electron chi connectivity index (χ1n) is 9.58. The molecule has 144 valence electrons. The van der Waals surface area contributed by atoms with Crippen LogP contribution in [0.3, 0.4) is 0 Å². The molecule has 0 saturated carbocycles. The Hall–Kier alpha value is -2.92. The minimum Gasteiger partial charge on any atom is -0.451 e. The number of rotatable bonds is 4. The van der Waals surface area contributed by atoms with Crippen molar-refractivity contribution in [2.45, 2.75) is 25.3 Å². The number of nitrogens with two attached hydrogens (primary N) is 1. The van der Waals surface area contributed by atoms with Crippen molar-refractivity contribution < 1.29 is 13.6 Å². The third-order valence-corrected chi connectivity index (χ3v) is 5.40. The van der Waals surface area contributed by atoms with Crippen molar-refractivity contribution in [3.8, 4) is 11.3 Å². The minimum atomic E-state index is -0.364. The molecule has 1 amide bonds. The number of amides is 1. The molecule has 0 atom stereocenters. The van der Waals surface area contributed by atoms with Gasteiger partial charge < -0.3 is 15.1 Å². The van der Waals surface area contributed by atoms with Crippen molar-refractivity contribution in [1.82, 2.24) is 4.90 Å². The molecule has 2 aromatic carbocycles. The molecule has 4 rings (SSSR count). The van der Waals surface area contributed by atoms with Crippen LogP contribution >= 0.6 is 0 Å². The molecular weight excluding hydrogens is 355 g/mol. The fraction of sp³-hybridized carbons (Fsp3) is 0.261. The summed E-state index contributed by atoms with van der Waals surface area (Å²) >= 11 is 0. The molecule has 1 saturated heterocycles. The SMILES string of the molecule is NCc1cccc(C2CCN(C(=O)c3ccc(-c4ccccc4F)o3)CC2)c1. The third-order valence-electron chi connectivity index (χ3n) is 5.40. The molecule has 0 radical (unpaired) electrons. The van der Waals surface area contributed by atoms with E-state index in [1.54, 1.807) is 30.3 Å². The van der Waals surface area contributed by atoms with Crippen molar-refractivity contribution in [3.05, 3.63) is 83.4 Å². The highest BCUT2D eigenvalue weighted by Gasteiger charge is 2.26. The highest BCUT2D eigenvalue weighted by atomic mass is 19.1. The second-order valence-electron chi connectivity index (χ2n) is 7.16. The lowest BCUT2D eigenvalue weighted by atomic mass is 9.88. The Bertz CT molecular complexity index is 974. The monoisotopic (exact) mass is 378 g/mol. The van der Waals surface area contributed by atoms with E-state index in [4.69, 9.17) is 10.2 Å². The van der Waals surface area contributed by atoms with Crippen LogP contribution in [-0.2, 0) is 6.54 Å².